The molecule has 0 aliphatic heterocycles. The van der Waals surface area contributed by atoms with Crippen LogP contribution in [0.3, 0.4) is 0 Å². The summed E-state index contributed by atoms with van der Waals surface area (Å²) in [5.41, 5.74) is 0.467. The van der Waals surface area contributed by atoms with Crippen molar-refractivity contribution in [2.24, 2.45) is 11.3 Å². The van der Waals surface area contributed by atoms with Crippen LogP contribution in [-0.4, -0.2) is 27.8 Å². The Bertz CT molecular complexity index is 353. The summed E-state index contributed by atoms with van der Waals surface area (Å²) >= 11 is 0. The zero-order valence-electron chi connectivity index (χ0n) is 12.6. The molecule has 0 saturated heterocycles. The normalized spacial score (nSPS) is 25.2. The van der Waals surface area contributed by atoms with Gasteiger partial charge in [-0.1, -0.05) is 27.2 Å². The fourth-order valence-electron chi connectivity index (χ4n) is 3.12. The highest BCUT2D eigenvalue weighted by atomic mass is 15.2. The van der Waals surface area contributed by atoms with Gasteiger partial charge < -0.3 is 5.32 Å². The summed E-state index contributed by atoms with van der Waals surface area (Å²) in [7, 11) is 0. The zero-order chi connectivity index (χ0) is 13.7. The van der Waals surface area contributed by atoms with Crippen molar-refractivity contribution in [1.29, 1.82) is 0 Å². The molecule has 1 saturated carbocycles. The lowest BCUT2D eigenvalue weighted by Gasteiger charge is -2.29. The van der Waals surface area contributed by atoms with E-state index in [2.05, 4.69) is 41.3 Å². The molecule has 0 radical (unpaired) electrons. The third-order valence-corrected chi connectivity index (χ3v) is 4.45. The predicted octanol–water partition coefficient (Wildman–Crippen LogP) is 2.93. The molecule has 1 aromatic heterocycles. The Morgan fingerprint density at radius 1 is 1.26 bits per heavy atom. The molecule has 1 aromatic rings. The van der Waals surface area contributed by atoms with Gasteiger partial charge in [-0.15, -0.1) is 0 Å². The molecule has 1 aliphatic rings. The minimum Gasteiger partial charge on any atom is -0.314 e. The highest BCUT2D eigenvalue weighted by Gasteiger charge is 2.27. The van der Waals surface area contributed by atoms with Crippen molar-refractivity contribution < 1.29 is 0 Å². The van der Waals surface area contributed by atoms with Crippen molar-refractivity contribution >= 4 is 0 Å². The van der Waals surface area contributed by atoms with Gasteiger partial charge in [-0.3, -0.25) is 5.10 Å². The number of aromatic amines is 1. The van der Waals surface area contributed by atoms with E-state index in [1.165, 1.54) is 32.1 Å². The van der Waals surface area contributed by atoms with E-state index in [0.29, 0.717) is 11.5 Å². The monoisotopic (exact) mass is 264 g/mol. The minimum atomic E-state index is 0.467. The summed E-state index contributed by atoms with van der Waals surface area (Å²) in [4.78, 5) is 4.16. The number of nitrogens with one attached hydrogen (secondary N) is 2. The van der Waals surface area contributed by atoms with Crippen LogP contribution in [0.1, 0.15) is 58.7 Å². The van der Waals surface area contributed by atoms with Crippen molar-refractivity contribution in [3.63, 3.8) is 0 Å². The van der Waals surface area contributed by atoms with Crippen LogP contribution < -0.4 is 5.32 Å². The van der Waals surface area contributed by atoms with Gasteiger partial charge in [0.1, 0.15) is 12.2 Å². The number of H-pyrrole nitrogens is 1. The molecular formula is C15H28N4. The van der Waals surface area contributed by atoms with Gasteiger partial charge in [0.15, 0.2) is 0 Å². The topological polar surface area (TPSA) is 53.6 Å². The van der Waals surface area contributed by atoms with Crippen LogP contribution in [0.25, 0.3) is 0 Å². The summed E-state index contributed by atoms with van der Waals surface area (Å²) in [6.45, 7) is 8.15. The minimum absolute atomic E-state index is 0.467. The number of aromatic nitrogens is 3. The first-order valence-electron chi connectivity index (χ1n) is 7.63. The molecule has 1 aliphatic carbocycles. The maximum atomic E-state index is 4.16. The highest BCUT2D eigenvalue weighted by Crippen LogP contribution is 2.36. The van der Waals surface area contributed by atoms with Gasteiger partial charge in [0, 0.05) is 19.0 Å². The molecule has 0 aromatic carbocycles. The zero-order valence-corrected chi connectivity index (χ0v) is 12.6. The second kappa shape index (κ2) is 6.51. The average Bonchev–Trinajstić information content (AvgIpc) is 2.72. The Labute approximate surface area is 116 Å². The first-order chi connectivity index (χ1) is 9.05. The van der Waals surface area contributed by atoms with E-state index in [4.69, 9.17) is 0 Å². The Kier molecular flexibility index (Phi) is 4.97. The molecule has 2 N–H and O–H groups in total. The number of hydrogen-bond donors (Lipinski definition) is 2. The SMILES string of the molecule is CC(C)(C)C1CCCC(NCCc2ncn[nH]2)CC1. The van der Waals surface area contributed by atoms with Gasteiger partial charge in [0.25, 0.3) is 0 Å². The van der Waals surface area contributed by atoms with Crippen LogP contribution in [0.2, 0.25) is 0 Å². The predicted molar refractivity (Wildman–Crippen MR) is 77.9 cm³/mol. The largest absolute Gasteiger partial charge is 0.314 e. The maximum absolute atomic E-state index is 4.16. The van der Waals surface area contributed by atoms with Crippen LogP contribution in [-0.2, 0) is 6.42 Å². The van der Waals surface area contributed by atoms with Gasteiger partial charge in [0.05, 0.1) is 0 Å². The van der Waals surface area contributed by atoms with E-state index in [1.807, 2.05) is 0 Å². The van der Waals surface area contributed by atoms with Gasteiger partial charge in [-0.25, -0.2) is 4.98 Å². The molecule has 0 bridgehead atoms. The van der Waals surface area contributed by atoms with Crippen LogP contribution >= 0.6 is 0 Å². The first kappa shape index (κ1) is 14.5. The van der Waals surface area contributed by atoms with Crippen molar-refractivity contribution in [2.75, 3.05) is 6.54 Å². The quantitative estimate of drug-likeness (QED) is 0.822. The standard InChI is InChI=1S/C15H28N4/c1-15(2,3)12-5-4-6-13(8-7-12)16-10-9-14-17-11-18-19-14/h11-13,16H,4-10H2,1-3H3,(H,17,18,19). The molecule has 0 amide bonds. The second-order valence-electron chi connectivity index (χ2n) is 6.90. The Balaban J connectivity index is 1.71. The Morgan fingerprint density at radius 3 is 2.79 bits per heavy atom. The molecule has 4 heteroatoms. The van der Waals surface area contributed by atoms with Crippen LogP contribution in [0.5, 0.6) is 0 Å². The van der Waals surface area contributed by atoms with Crippen molar-refractivity contribution in [2.45, 2.75) is 65.3 Å². The van der Waals surface area contributed by atoms with E-state index >= 15 is 0 Å². The molecule has 19 heavy (non-hydrogen) atoms. The summed E-state index contributed by atoms with van der Waals surface area (Å²) < 4.78 is 0. The maximum Gasteiger partial charge on any atom is 0.137 e. The fraction of sp³-hybridized carbons (Fsp3) is 0.867. The molecule has 0 spiro atoms. The fourth-order valence-corrected chi connectivity index (χ4v) is 3.12. The van der Waals surface area contributed by atoms with Crippen molar-refractivity contribution in [1.82, 2.24) is 20.5 Å². The number of nitrogens with zero attached hydrogens (tertiary/aromatic N) is 2. The summed E-state index contributed by atoms with van der Waals surface area (Å²) in [5, 5.41) is 10.5. The molecule has 2 atom stereocenters. The van der Waals surface area contributed by atoms with Gasteiger partial charge in [-0.2, -0.15) is 5.10 Å². The highest BCUT2D eigenvalue weighted by molar-refractivity contribution is 4.84. The number of rotatable bonds is 4. The van der Waals surface area contributed by atoms with Gasteiger partial charge in [-0.05, 0) is 37.0 Å². The van der Waals surface area contributed by atoms with Crippen LogP contribution in [0.4, 0.5) is 0 Å². The van der Waals surface area contributed by atoms with E-state index < -0.39 is 0 Å². The number of hydrogen-bond acceptors (Lipinski definition) is 3. The van der Waals surface area contributed by atoms with E-state index in [1.54, 1.807) is 6.33 Å². The van der Waals surface area contributed by atoms with Crippen LogP contribution in [0.15, 0.2) is 6.33 Å². The van der Waals surface area contributed by atoms with Crippen molar-refractivity contribution in [3.05, 3.63) is 12.2 Å². The van der Waals surface area contributed by atoms with Gasteiger partial charge in [0.2, 0.25) is 0 Å². The summed E-state index contributed by atoms with van der Waals surface area (Å²) in [6, 6.07) is 0.690. The molecular weight excluding hydrogens is 236 g/mol. The van der Waals surface area contributed by atoms with E-state index in [0.717, 1.165) is 24.7 Å². The van der Waals surface area contributed by atoms with Gasteiger partial charge >= 0.3 is 0 Å². The lowest BCUT2D eigenvalue weighted by atomic mass is 9.76. The first-order valence-corrected chi connectivity index (χ1v) is 7.63. The smallest absolute Gasteiger partial charge is 0.137 e. The molecule has 1 fully saturated rings. The lowest BCUT2D eigenvalue weighted by Crippen LogP contribution is -2.30. The van der Waals surface area contributed by atoms with Crippen LogP contribution in [0, 0.1) is 11.3 Å². The third-order valence-electron chi connectivity index (χ3n) is 4.45. The molecule has 2 unspecified atom stereocenters. The third kappa shape index (κ3) is 4.60. The summed E-state index contributed by atoms with van der Waals surface area (Å²) in [6.07, 6.45) is 9.28. The Morgan fingerprint density at radius 2 is 2.11 bits per heavy atom. The molecule has 1 heterocycles. The average molecular weight is 264 g/mol. The van der Waals surface area contributed by atoms with Crippen molar-refractivity contribution in [3.8, 4) is 0 Å². The summed E-state index contributed by atoms with van der Waals surface area (Å²) in [5.74, 6) is 1.86. The van der Waals surface area contributed by atoms with E-state index in [9.17, 15) is 0 Å². The molecule has 4 nitrogen and oxygen atoms in total. The molecule has 108 valence electrons. The van der Waals surface area contributed by atoms with E-state index in [-0.39, 0.29) is 0 Å². The molecule has 2 rings (SSSR count). The lowest BCUT2D eigenvalue weighted by molar-refractivity contribution is 0.213. The second-order valence-corrected chi connectivity index (χ2v) is 6.90. The Hall–Kier alpha value is -0.900.